The highest BCUT2D eigenvalue weighted by Gasteiger charge is 2.25. The van der Waals surface area contributed by atoms with Crippen LogP contribution >= 0.6 is 23.2 Å². The van der Waals surface area contributed by atoms with E-state index in [1.807, 2.05) is 13.0 Å². The zero-order valence-corrected chi connectivity index (χ0v) is 10.2. The van der Waals surface area contributed by atoms with Crippen LogP contribution in [0.5, 0.6) is 0 Å². The maximum absolute atomic E-state index is 11.4. The number of hydrogen-bond donors (Lipinski definition) is 0. The van der Waals surface area contributed by atoms with Gasteiger partial charge in [0, 0.05) is 12.0 Å². The molecule has 16 heavy (non-hydrogen) atoms. The van der Waals surface area contributed by atoms with Crippen molar-refractivity contribution in [2.24, 2.45) is 0 Å². The minimum absolute atomic E-state index is 0.0403. The van der Waals surface area contributed by atoms with E-state index in [1.165, 1.54) is 0 Å². The van der Waals surface area contributed by atoms with Crippen LogP contribution in [0.4, 0.5) is 0 Å². The predicted molar refractivity (Wildman–Crippen MR) is 64.6 cm³/mol. The summed E-state index contributed by atoms with van der Waals surface area (Å²) in [5.41, 5.74) is 1.53. The first kappa shape index (κ1) is 11.5. The van der Waals surface area contributed by atoms with Gasteiger partial charge in [-0.3, -0.25) is 0 Å². The summed E-state index contributed by atoms with van der Waals surface area (Å²) in [5.74, 6) is -0.251. The van der Waals surface area contributed by atoms with Crippen molar-refractivity contribution >= 4 is 35.2 Å². The molecule has 0 radical (unpaired) electrons. The third-order valence-electron chi connectivity index (χ3n) is 2.36. The van der Waals surface area contributed by atoms with Gasteiger partial charge in [-0.15, -0.1) is 0 Å². The zero-order valence-electron chi connectivity index (χ0n) is 8.67. The van der Waals surface area contributed by atoms with Crippen molar-refractivity contribution in [1.29, 1.82) is 0 Å². The Balaban J connectivity index is 2.29. The van der Waals surface area contributed by atoms with E-state index in [2.05, 4.69) is 0 Å². The normalized spacial score (nSPS) is 22.6. The van der Waals surface area contributed by atoms with E-state index in [4.69, 9.17) is 27.9 Å². The quantitative estimate of drug-likeness (QED) is 0.566. The Morgan fingerprint density at radius 2 is 2.12 bits per heavy atom. The Morgan fingerprint density at radius 3 is 2.69 bits per heavy atom. The lowest BCUT2D eigenvalue weighted by molar-refractivity contribution is -0.138. The Kier molecular flexibility index (Phi) is 3.22. The van der Waals surface area contributed by atoms with Crippen LogP contribution in [0.3, 0.4) is 0 Å². The van der Waals surface area contributed by atoms with Gasteiger partial charge in [0.25, 0.3) is 0 Å². The van der Waals surface area contributed by atoms with E-state index in [0.29, 0.717) is 22.0 Å². The average molecular weight is 257 g/mol. The van der Waals surface area contributed by atoms with Crippen molar-refractivity contribution in [3.05, 3.63) is 39.4 Å². The summed E-state index contributed by atoms with van der Waals surface area (Å²) < 4.78 is 5.03. The SMILES string of the molecule is CC1C/C(=C/c2ccc(Cl)c(Cl)c2)C(=O)O1. The first-order chi connectivity index (χ1) is 7.56. The lowest BCUT2D eigenvalue weighted by Gasteiger charge is -1.98. The molecule has 2 nitrogen and oxygen atoms in total. The smallest absolute Gasteiger partial charge is 0.334 e. The van der Waals surface area contributed by atoms with Gasteiger partial charge in [-0.25, -0.2) is 4.79 Å². The number of cyclic esters (lactones) is 1. The second-order valence-electron chi connectivity index (χ2n) is 3.76. The average Bonchev–Trinajstić information content (AvgIpc) is 2.51. The van der Waals surface area contributed by atoms with Gasteiger partial charge in [0.05, 0.1) is 10.0 Å². The van der Waals surface area contributed by atoms with Crippen LogP contribution in [0, 0.1) is 0 Å². The summed E-state index contributed by atoms with van der Waals surface area (Å²) in [6.07, 6.45) is 2.38. The molecule has 0 N–H and O–H groups in total. The highest BCUT2D eigenvalue weighted by Crippen LogP contribution is 2.26. The van der Waals surface area contributed by atoms with Crippen molar-refractivity contribution in [2.45, 2.75) is 19.4 Å². The Bertz CT molecular complexity index is 466. The molecule has 1 aliphatic rings. The minimum atomic E-state index is -0.251. The molecule has 0 amide bonds. The Hall–Kier alpha value is -0.990. The highest BCUT2D eigenvalue weighted by molar-refractivity contribution is 6.42. The first-order valence-corrected chi connectivity index (χ1v) is 5.68. The summed E-state index contributed by atoms with van der Waals surface area (Å²) in [5, 5.41) is 0.988. The molecule has 0 aliphatic carbocycles. The Labute approximate surface area is 104 Å². The number of halogens is 2. The summed E-state index contributed by atoms with van der Waals surface area (Å²) in [4.78, 5) is 11.4. The lowest BCUT2D eigenvalue weighted by Crippen LogP contribution is -1.99. The van der Waals surface area contributed by atoms with Crippen LogP contribution in [0.25, 0.3) is 6.08 Å². The Morgan fingerprint density at radius 1 is 1.38 bits per heavy atom. The molecule has 1 aliphatic heterocycles. The highest BCUT2D eigenvalue weighted by atomic mass is 35.5. The number of rotatable bonds is 1. The predicted octanol–water partition coefficient (Wildman–Crippen LogP) is 3.71. The van der Waals surface area contributed by atoms with Crippen LogP contribution in [-0.2, 0) is 9.53 Å². The third kappa shape index (κ3) is 2.39. The maximum atomic E-state index is 11.4. The van der Waals surface area contributed by atoms with Gasteiger partial charge in [0.2, 0.25) is 0 Å². The van der Waals surface area contributed by atoms with Crippen LogP contribution in [-0.4, -0.2) is 12.1 Å². The number of esters is 1. The minimum Gasteiger partial charge on any atom is -0.459 e. The number of carbonyl (C=O) groups excluding carboxylic acids is 1. The number of ether oxygens (including phenoxy) is 1. The van der Waals surface area contributed by atoms with Gasteiger partial charge in [0.1, 0.15) is 6.10 Å². The molecule has 1 fully saturated rings. The van der Waals surface area contributed by atoms with Crippen LogP contribution in [0.1, 0.15) is 18.9 Å². The van der Waals surface area contributed by atoms with Gasteiger partial charge < -0.3 is 4.74 Å². The molecule has 1 aromatic carbocycles. The van der Waals surface area contributed by atoms with Gasteiger partial charge >= 0.3 is 5.97 Å². The van der Waals surface area contributed by atoms with Crippen LogP contribution in [0.15, 0.2) is 23.8 Å². The number of hydrogen-bond acceptors (Lipinski definition) is 2. The second kappa shape index (κ2) is 4.48. The molecule has 0 aromatic heterocycles. The fourth-order valence-corrected chi connectivity index (χ4v) is 1.92. The van der Waals surface area contributed by atoms with E-state index >= 15 is 0 Å². The molecular formula is C12H10Cl2O2. The molecule has 1 unspecified atom stereocenters. The molecule has 2 rings (SSSR count). The molecule has 84 valence electrons. The molecule has 0 bridgehead atoms. The zero-order chi connectivity index (χ0) is 11.7. The van der Waals surface area contributed by atoms with Gasteiger partial charge in [0.15, 0.2) is 0 Å². The third-order valence-corrected chi connectivity index (χ3v) is 3.10. The van der Waals surface area contributed by atoms with Crippen molar-refractivity contribution in [3.63, 3.8) is 0 Å². The van der Waals surface area contributed by atoms with Crippen molar-refractivity contribution in [3.8, 4) is 0 Å². The van der Waals surface area contributed by atoms with Crippen LogP contribution < -0.4 is 0 Å². The van der Waals surface area contributed by atoms with Crippen molar-refractivity contribution in [1.82, 2.24) is 0 Å². The van der Waals surface area contributed by atoms with Crippen LogP contribution in [0.2, 0.25) is 10.0 Å². The van der Waals surface area contributed by atoms with Crippen molar-refractivity contribution in [2.75, 3.05) is 0 Å². The molecular weight excluding hydrogens is 247 g/mol. The fraction of sp³-hybridized carbons (Fsp3) is 0.250. The molecule has 4 heteroatoms. The van der Waals surface area contributed by atoms with E-state index in [-0.39, 0.29) is 12.1 Å². The first-order valence-electron chi connectivity index (χ1n) is 4.93. The molecule has 1 atom stereocenters. The topological polar surface area (TPSA) is 26.3 Å². The summed E-state index contributed by atoms with van der Waals surface area (Å²) in [7, 11) is 0. The van der Waals surface area contributed by atoms with Gasteiger partial charge in [-0.1, -0.05) is 29.3 Å². The molecule has 0 spiro atoms. The van der Waals surface area contributed by atoms with Gasteiger partial charge in [-0.05, 0) is 30.7 Å². The van der Waals surface area contributed by atoms with E-state index in [9.17, 15) is 4.79 Å². The van der Waals surface area contributed by atoms with E-state index in [1.54, 1.807) is 18.2 Å². The summed E-state index contributed by atoms with van der Waals surface area (Å²) >= 11 is 11.7. The molecule has 0 saturated carbocycles. The van der Waals surface area contributed by atoms with E-state index < -0.39 is 0 Å². The molecule has 1 heterocycles. The number of carbonyl (C=O) groups is 1. The summed E-state index contributed by atoms with van der Waals surface area (Å²) in [6.45, 7) is 1.87. The number of benzene rings is 1. The van der Waals surface area contributed by atoms with Gasteiger partial charge in [-0.2, -0.15) is 0 Å². The lowest BCUT2D eigenvalue weighted by atomic mass is 10.1. The molecule has 1 aromatic rings. The van der Waals surface area contributed by atoms with E-state index in [0.717, 1.165) is 5.56 Å². The maximum Gasteiger partial charge on any atom is 0.334 e. The fourth-order valence-electron chi connectivity index (χ4n) is 1.61. The second-order valence-corrected chi connectivity index (χ2v) is 4.58. The molecule has 1 saturated heterocycles. The summed E-state index contributed by atoms with van der Waals surface area (Å²) in [6, 6.07) is 5.25. The monoisotopic (exact) mass is 256 g/mol. The largest absolute Gasteiger partial charge is 0.459 e. The van der Waals surface area contributed by atoms with Crippen molar-refractivity contribution < 1.29 is 9.53 Å². The standard InChI is InChI=1S/C12H10Cl2O2/c1-7-4-9(12(15)16-7)5-8-2-3-10(13)11(14)6-8/h2-3,5-7H,4H2,1H3/b9-5-.